The molecule has 0 aromatic carbocycles. The summed E-state index contributed by atoms with van der Waals surface area (Å²) >= 11 is 0. The van der Waals surface area contributed by atoms with Crippen LogP contribution in [-0.4, -0.2) is 30.5 Å². The third-order valence-corrected chi connectivity index (χ3v) is 1.49. The van der Waals surface area contributed by atoms with E-state index in [1.54, 1.807) is 0 Å². The van der Waals surface area contributed by atoms with Gasteiger partial charge in [0.15, 0.2) is 0 Å². The molecule has 1 unspecified atom stereocenters. The number of nitrogens with one attached hydrogen (secondary N) is 1. The number of aliphatic hydroxyl groups excluding tert-OH is 1. The summed E-state index contributed by atoms with van der Waals surface area (Å²) in [5.74, 6) is 0. The van der Waals surface area contributed by atoms with Crippen LogP contribution in [0.25, 0.3) is 0 Å². The van der Waals surface area contributed by atoms with E-state index in [-0.39, 0.29) is 0 Å². The lowest BCUT2D eigenvalue weighted by atomic mass is 10.0. The molecule has 0 spiro atoms. The number of rotatable bonds is 2. The Balaban J connectivity index is 4.33. The molecule has 0 saturated carbocycles. The number of hydrogen-bond acceptors (Lipinski definition) is 2. The molecule has 0 saturated heterocycles. The average Bonchev–Trinajstić information content (AvgIpc) is 1.84. The van der Waals surface area contributed by atoms with Gasteiger partial charge >= 0.3 is 6.18 Å². The zero-order chi connectivity index (χ0) is 8.41. The van der Waals surface area contributed by atoms with E-state index in [1.807, 2.05) is 5.32 Å². The van der Waals surface area contributed by atoms with E-state index in [0.29, 0.717) is 0 Å². The van der Waals surface area contributed by atoms with E-state index in [2.05, 4.69) is 0 Å². The van der Waals surface area contributed by atoms with Gasteiger partial charge in [-0.15, -0.1) is 0 Å². The lowest BCUT2D eigenvalue weighted by molar-refractivity contribution is -0.199. The fourth-order valence-electron chi connectivity index (χ4n) is 0.310. The first-order valence-electron chi connectivity index (χ1n) is 2.74. The third-order valence-electron chi connectivity index (χ3n) is 1.49. The van der Waals surface area contributed by atoms with Crippen molar-refractivity contribution in [3.8, 4) is 0 Å². The molecule has 1 atom stereocenters. The normalized spacial score (nSPS) is 18.6. The highest BCUT2D eigenvalue weighted by Crippen LogP contribution is 2.28. The molecule has 0 aliphatic heterocycles. The largest absolute Gasteiger partial charge is 0.408 e. The van der Waals surface area contributed by atoms with Gasteiger partial charge in [0, 0.05) is 0 Å². The van der Waals surface area contributed by atoms with Crippen molar-refractivity contribution < 1.29 is 18.3 Å². The minimum absolute atomic E-state index is 0.896. The van der Waals surface area contributed by atoms with Gasteiger partial charge in [-0.05, 0) is 14.0 Å². The molecule has 0 rings (SSSR count). The predicted molar refractivity (Wildman–Crippen MR) is 30.6 cm³/mol. The highest BCUT2D eigenvalue weighted by Gasteiger charge is 2.49. The minimum atomic E-state index is -4.41. The molecule has 0 radical (unpaired) electrons. The molecule has 5 heteroatoms. The van der Waals surface area contributed by atoms with Gasteiger partial charge in [-0.25, -0.2) is 0 Å². The standard InChI is InChI=1S/C5H10F3NO/c1-4(3-10,9-2)5(6,7)8/h9-10H,3H2,1-2H3. The molecule has 2 N–H and O–H groups in total. The average molecular weight is 157 g/mol. The van der Waals surface area contributed by atoms with Gasteiger partial charge in [0.05, 0.1) is 6.61 Å². The van der Waals surface area contributed by atoms with E-state index in [4.69, 9.17) is 5.11 Å². The number of hydrogen-bond donors (Lipinski definition) is 2. The van der Waals surface area contributed by atoms with Gasteiger partial charge in [0.2, 0.25) is 0 Å². The third kappa shape index (κ3) is 1.60. The van der Waals surface area contributed by atoms with Crippen LogP contribution >= 0.6 is 0 Å². The number of likely N-dealkylation sites (N-methyl/N-ethyl adjacent to an activating group) is 1. The van der Waals surface area contributed by atoms with Gasteiger partial charge in [0.1, 0.15) is 5.54 Å². The van der Waals surface area contributed by atoms with Crippen molar-refractivity contribution in [2.24, 2.45) is 0 Å². The fraction of sp³-hybridized carbons (Fsp3) is 1.00. The molecular weight excluding hydrogens is 147 g/mol. The molecule has 2 nitrogen and oxygen atoms in total. The van der Waals surface area contributed by atoms with Crippen LogP contribution in [0.3, 0.4) is 0 Å². The zero-order valence-corrected chi connectivity index (χ0v) is 5.79. The van der Waals surface area contributed by atoms with Crippen LogP contribution in [0.15, 0.2) is 0 Å². The summed E-state index contributed by atoms with van der Waals surface area (Å²) in [5.41, 5.74) is -2.17. The van der Waals surface area contributed by atoms with Gasteiger partial charge in [-0.3, -0.25) is 0 Å². The first-order chi connectivity index (χ1) is 4.37. The fourth-order valence-corrected chi connectivity index (χ4v) is 0.310. The molecule has 0 aliphatic rings. The second-order valence-corrected chi connectivity index (χ2v) is 2.24. The zero-order valence-electron chi connectivity index (χ0n) is 5.79. The molecular formula is C5H10F3NO. The molecule has 10 heavy (non-hydrogen) atoms. The van der Waals surface area contributed by atoms with Gasteiger partial charge in [-0.1, -0.05) is 0 Å². The highest BCUT2D eigenvalue weighted by atomic mass is 19.4. The maximum atomic E-state index is 11.9. The van der Waals surface area contributed by atoms with E-state index < -0.39 is 18.3 Å². The summed E-state index contributed by atoms with van der Waals surface area (Å²) in [7, 11) is 1.16. The number of halogens is 3. The Morgan fingerprint density at radius 3 is 1.80 bits per heavy atom. The van der Waals surface area contributed by atoms with Crippen molar-refractivity contribution in [1.82, 2.24) is 5.32 Å². The van der Waals surface area contributed by atoms with Crippen LogP contribution in [0, 0.1) is 0 Å². The Morgan fingerprint density at radius 1 is 1.40 bits per heavy atom. The molecule has 0 bridgehead atoms. The van der Waals surface area contributed by atoms with Crippen LogP contribution < -0.4 is 5.32 Å². The summed E-state index contributed by atoms with van der Waals surface area (Å²) < 4.78 is 35.6. The van der Waals surface area contributed by atoms with Crippen molar-refractivity contribution in [2.45, 2.75) is 18.6 Å². The van der Waals surface area contributed by atoms with Crippen molar-refractivity contribution in [3.05, 3.63) is 0 Å². The maximum Gasteiger partial charge on any atom is 0.408 e. The molecule has 0 amide bonds. The Labute approximate surface area is 57.0 Å². The lowest BCUT2D eigenvalue weighted by Gasteiger charge is -2.29. The molecule has 0 aromatic rings. The summed E-state index contributed by atoms with van der Waals surface area (Å²) in [6.45, 7) is -0.0556. The molecule has 0 aromatic heterocycles. The highest BCUT2D eigenvalue weighted by molar-refractivity contribution is 4.88. The predicted octanol–water partition coefficient (Wildman–Crippen LogP) is 0.519. The van der Waals surface area contributed by atoms with E-state index >= 15 is 0 Å². The van der Waals surface area contributed by atoms with E-state index in [9.17, 15) is 13.2 Å². The van der Waals surface area contributed by atoms with Gasteiger partial charge in [-0.2, -0.15) is 13.2 Å². The van der Waals surface area contributed by atoms with E-state index in [0.717, 1.165) is 14.0 Å². The Hall–Kier alpha value is -0.290. The summed E-state index contributed by atoms with van der Waals surface area (Å²) in [5, 5.41) is 10.3. The Kier molecular flexibility index (Phi) is 2.67. The van der Waals surface area contributed by atoms with Crippen LogP contribution in [0.4, 0.5) is 13.2 Å². The lowest BCUT2D eigenvalue weighted by Crippen LogP contribution is -2.55. The summed E-state index contributed by atoms with van der Waals surface area (Å²) in [6.07, 6.45) is -4.41. The SMILES string of the molecule is CNC(C)(CO)C(F)(F)F. The second kappa shape index (κ2) is 2.75. The van der Waals surface area contributed by atoms with Gasteiger partial charge < -0.3 is 10.4 Å². The smallest absolute Gasteiger partial charge is 0.394 e. The quantitative estimate of drug-likeness (QED) is 0.612. The van der Waals surface area contributed by atoms with Crippen LogP contribution in [0.5, 0.6) is 0 Å². The molecule has 0 aliphatic carbocycles. The molecule has 62 valence electrons. The van der Waals surface area contributed by atoms with Crippen molar-refractivity contribution in [3.63, 3.8) is 0 Å². The van der Waals surface area contributed by atoms with Crippen LogP contribution in [0.1, 0.15) is 6.92 Å². The Bertz CT molecular complexity index is 108. The second-order valence-electron chi connectivity index (χ2n) is 2.24. The summed E-state index contributed by atoms with van der Waals surface area (Å²) in [4.78, 5) is 0. The number of alkyl halides is 3. The van der Waals surface area contributed by atoms with Crippen molar-refractivity contribution in [2.75, 3.05) is 13.7 Å². The Morgan fingerprint density at radius 2 is 1.80 bits per heavy atom. The van der Waals surface area contributed by atoms with Crippen LogP contribution in [-0.2, 0) is 0 Å². The van der Waals surface area contributed by atoms with Gasteiger partial charge in [0.25, 0.3) is 0 Å². The minimum Gasteiger partial charge on any atom is -0.394 e. The maximum absolute atomic E-state index is 11.9. The number of aliphatic hydroxyl groups is 1. The van der Waals surface area contributed by atoms with E-state index in [1.165, 1.54) is 0 Å². The molecule has 0 fully saturated rings. The van der Waals surface area contributed by atoms with Crippen LogP contribution in [0.2, 0.25) is 0 Å². The first kappa shape index (κ1) is 9.71. The van der Waals surface area contributed by atoms with Crippen molar-refractivity contribution in [1.29, 1.82) is 0 Å². The summed E-state index contributed by atoms with van der Waals surface area (Å²) in [6, 6.07) is 0. The first-order valence-corrected chi connectivity index (χ1v) is 2.74. The topological polar surface area (TPSA) is 32.3 Å². The molecule has 0 heterocycles. The van der Waals surface area contributed by atoms with Crippen molar-refractivity contribution >= 4 is 0 Å². The monoisotopic (exact) mass is 157 g/mol.